The van der Waals surface area contributed by atoms with E-state index in [-0.39, 0.29) is 6.04 Å². The summed E-state index contributed by atoms with van der Waals surface area (Å²) >= 11 is 8.79. The van der Waals surface area contributed by atoms with E-state index in [0.29, 0.717) is 0 Å². The second kappa shape index (κ2) is 6.92. The van der Waals surface area contributed by atoms with Crippen LogP contribution in [0.1, 0.15) is 28.3 Å². The third-order valence-electron chi connectivity index (χ3n) is 3.58. The second-order valence-corrected chi connectivity index (χ2v) is 6.60. The maximum atomic E-state index is 6.36. The lowest BCUT2D eigenvalue weighted by Gasteiger charge is -2.20. The SMILES string of the molecule is CNC(Cc1ccc(C)cc1Cl)c1cccc(C)c1I. The number of hydrogen-bond acceptors (Lipinski definition) is 1. The summed E-state index contributed by atoms with van der Waals surface area (Å²) in [5.41, 5.74) is 5.04. The molecule has 0 saturated heterocycles. The fourth-order valence-corrected chi connectivity index (χ4v) is 3.39. The predicted molar refractivity (Wildman–Crippen MR) is 95.6 cm³/mol. The number of halogens is 2. The highest BCUT2D eigenvalue weighted by Gasteiger charge is 2.15. The Balaban J connectivity index is 2.31. The fourth-order valence-electron chi connectivity index (χ4n) is 2.34. The third kappa shape index (κ3) is 3.54. The first-order chi connectivity index (χ1) is 9.52. The van der Waals surface area contributed by atoms with Crippen LogP contribution in [0.5, 0.6) is 0 Å². The summed E-state index contributed by atoms with van der Waals surface area (Å²) in [6, 6.07) is 13.0. The Morgan fingerprint density at radius 2 is 1.95 bits per heavy atom. The summed E-state index contributed by atoms with van der Waals surface area (Å²) in [5, 5.41) is 4.27. The first-order valence-electron chi connectivity index (χ1n) is 6.70. The number of likely N-dealkylation sites (N-methyl/N-ethyl adjacent to an activating group) is 1. The summed E-state index contributed by atoms with van der Waals surface area (Å²) < 4.78 is 1.33. The van der Waals surface area contributed by atoms with Crippen molar-refractivity contribution in [1.29, 1.82) is 0 Å². The third-order valence-corrected chi connectivity index (χ3v) is 5.40. The average molecular weight is 400 g/mol. The summed E-state index contributed by atoms with van der Waals surface area (Å²) in [5.74, 6) is 0. The van der Waals surface area contributed by atoms with Gasteiger partial charge in [-0.15, -0.1) is 0 Å². The first-order valence-corrected chi connectivity index (χ1v) is 8.16. The van der Waals surface area contributed by atoms with Crippen LogP contribution in [0.3, 0.4) is 0 Å². The lowest BCUT2D eigenvalue weighted by atomic mass is 9.97. The number of aryl methyl sites for hydroxylation is 2. The van der Waals surface area contributed by atoms with Crippen LogP contribution in [0.4, 0.5) is 0 Å². The van der Waals surface area contributed by atoms with Crippen molar-refractivity contribution < 1.29 is 0 Å². The number of hydrogen-bond donors (Lipinski definition) is 1. The zero-order valence-corrected chi connectivity index (χ0v) is 14.9. The molecule has 106 valence electrons. The Morgan fingerprint density at radius 3 is 2.60 bits per heavy atom. The molecule has 1 unspecified atom stereocenters. The Kier molecular flexibility index (Phi) is 5.47. The van der Waals surface area contributed by atoms with Crippen molar-refractivity contribution in [2.45, 2.75) is 26.3 Å². The van der Waals surface area contributed by atoms with E-state index in [4.69, 9.17) is 11.6 Å². The molecule has 0 aliphatic rings. The van der Waals surface area contributed by atoms with E-state index in [1.54, 1.807) is 0 Å². The van der Waals surface area contributed by atoms with Crippen molar-refractivity contribution in [2.24, 2.45) is 0 Å². The number of rotatable bonds is 4. The maximum absolute atomic E-state index is 6.36. The molecule has 0 amide bonds. The molecule has 3 heteroatoms. The first kappa shape index (κ1) is 15.8. The summed E-state index contributed by atoms with van der Waals surface area (Å²) in [6.07, 6.45) is 0.898. The van der Waals surface area contributed by atoms with Crippen LogP contribution in [0.2, 0.25) is 5.02 Å². The van der Waals surface area contributed by atoms with Crippen molar-refractivity contribution in [3.63, 3.8) is 0 Å². The second-order valence-electron chi connectivity index (χ2n) is 5.12. The molecule has 0 radical (unpaired) electrons. The van der Waals surface area contributed by atoms with Crippen LogP contribution >= 0.6 is 34.2 Å². The van der Waals surface area contributed by atoms with Crippen molar-refractivity contribution in [3.8, 4) is 0 Å². The molecule has 0 fully saturated rings. The molecular formula is C17H19ClIN. The molecule has 0 saturated carbocycles. The van der Waals surface area contributed by atoms with Gasteiger partial charge in [0.05, 0.1) is 0 Å². The highest BCUT2D eigenvalue weighted by molar-refractivity contribution is 14.1. The monoisotopic (exact) mass is 399 g/mol. The molecule has 0 aliphatic carbocycles. The van der Waals surface area contributed by atoms with Gasteiger partial charge in [-0.2, -0.15) is 0 Å². The van der Waals surface area contributed by atoms with Gasteiger partial charge in [0, 0.05) is 14.6 Å². The van der Waals surface area contributed by atoms with Crippen molar-refractivity contribution >= 4 is 34.2 Å². The van der Waals surface area contributed by atoms with Gasteiger partial charge in [-0.1, -0.05) is 41.9 Å². The standard InChI is InChI=1S/C17H19ClIN/c1-11-7-8-13(15(18)9-11)10-16(20-3)14-6-4-5-12(2)17(14)19/h4-9,16,20H,10H2,1-3H3. The zero-order valence-electron chi connectivity index (χ0n) is 12.0. The largest absolute Gasteiger partial charge is 0.313 e. The van der Waals surface area contributed by atoms with Gasteiger partial charge in [0.2, 0.25) is 0 Å². The van der Waals surface area contributed by atoms with Gasteiger partial charge < -0.3 is 5.32 Å². The topological polar surface area (TPSA) is 12.0 Å². The van der Waals surface area contributed by atoms with Crippen molar-refractivity contribution in [2.75, 3.05) is 7.05 Å². The van der Waals surface area contributed by atoms with Crippen molar-refractivity contribution in [3.05, 3.63) is 67.2 Å². The van der Waals surface area contributed by atoms with Crippen LogP contribution in [0.15, 0.2) is 36.4 Å². The van der Waals surface area contributed by atoms with Crippen LogP contribution in [0, 0.1) is 17.4 Å². The van der Waals surface area contributed by atoms with Gasteiger partial charge in [0.25, 0.3) is 0 Å². The lowest BCUT2D eigenvalue weighted by molar-refractivity contribution is 0.589. The smallest absolute Gasteiger partial charge is 0.0441 e. The molecule has 0 heterocycles. The minimum absolute atomic E-state index is 0.280. The molecule has 0 aliphatic heterocycles. The summed E-state index contributed by atoms with van der Waals surface area (Å²) in [7, 11) is 2.01. The van der Waals surface area contributed by atoms with Crippen LogP contribution < -0.4 is 5.32 Å². The molecule has 1 atom stereocenters. The van der Waals surface area contributed by atoms with Crippen molar-refractivity contribution in [1.82, 2.24) is 5.32 Å². The van der Waals surface area contributed by atoms with Crippen LogP contribution in [-0.2, 0) is 6.42 Å². The summed E-state index contributed by atoms with van der Waals surface area (Å²) in [4.78, 5) is 0. The molecule has 2 aromatic carbocycles. The van der Waals surface area contributed by atoms with Gasteiger partial charge in [-0.25, -0.2) is 0 Å². The lowest BCUT2D eigenvalue weighted by Crippen LogP contribution is -2.20. The van der Waals surface area contributed by atoms with E-state index in [1.807, 2.05) is 13.1 Å². The molecule has 0 aromatic heterocycles. The highest BCUT2D eigenvalue weighted by Crippen LogP contribution is 2.28. The van der Waals surface area contributed by atoms with E-state index in [1.165, 1.54) is 25.8 Å². The van der Waals surface area contributed by atoms with Crippen LogP contribution in [-0.4, -0.2) is 7.05 Å². The molecule has 0 spiro atoms. The summed E-state index contributed by atoms with van der Waals surface area (Å²) in [6.45, 7) is 4.21. The van der Waals surface area contributed by atoms with Gasteiger partial charge in [0.1, 0.15) is 0 Å². The quantitative estimate of drug-likeness (QED) is 0.708. The van der Waals surface area contributed by atoms with Gasteiger partial charge in [0.15, 0.2) is 0 Å². The predicted octanol–water partition coefficient (Wildman–Crippen LogP) is 5.06. The molecule has 2 aromatic rings. The molecule has 0 bridgehead atoms. The normalized spacial score (nSPS) is 12.4. The van der Waals surface area contributed by atoms with E-state index in [0.717, 1.165) is 11.4 Å². The Morgan fingerprint density at radius 1 is 1.20 bits per heavy atom. The highest BCUT2D eigenvalue weighted by atomic mass is 127. The number of benzene rings is 2. The van der Waals surface area contributed by atoms with E-state index >= 15 is 0 Å². The average Bonchev–Trinajstić information content (AvgIpc) is 2.42. The maximum Gasteiger partial charge on any atom is 0.0441 e. The zero-order chi connectivity index (χ0) is 14.7. The van der Waals surface area contributed by atoms with Crippen LogP contribution in [0.25, 0.3) is 0 Å². The minimum atomic E-state index is 0.280. The van der Waals surface area contributed by atoms with E-state index in [9.17, 15) is 0 Å². The van der Waals surface area contributed by atoms with E-state index in [2.05, 4.69) is 72.1 Å². The Bertz CT molecular complexity index is 610. The fraction of sp³-hybridized carbons (Fsp3) is 0.294. The molecular weight excluding hydrogens is 381 g/mol. The Hall–Kier alpha value is -0.580. The van der Waals surface area contributed by atoms with Gasteiger partial charge in [-0.3, -0.25) is 0 Å². The molecule has 1 nitrogen and oxygen atoms in total. The molecule has 1 N–H and O–H groups in total. The molecule has 2 rings (SSSR count). The minimum Gasteiger partial charge on any atom is -0.313 e. The number of nitrogens with one attached hydrogen (secondary N) is 1. The molecule has 20 heavy (non-hydrogen) atoms. The Labute approximate surface area is 139 Å². The van der Waals surface area contributed by atoms with Gasteiger partial charge in [-0.05, 0) is 78.2 Å². The van der Waals surface area contributed by atoms with E-state index < -0.39 is 0 Å². The van der Waals surface area contributed by atoms with Gasteiger partial charge >= 0.3 is 0 Å².